The van der Waals surface area contributed by atoms with E-state index in [4.69, 9.17) is 163 Å². The molecule has 16 unspecified atom stereocenters. The van der Waals surface area contributed by atoms with Gasteiger partial charge < -0.3 is 79.8 Å². The molecule has 24 heteroatoms. The summed E-state index contributed by atoms with van der Waals surface area (Å²) in [7, 11) is 2.45. The van der Waals surface area contributed by atoms with Crippen LogP contribution in [0.4, 0.5) is 0 Å². The highest BCUT2D eigenvalue weighted by Crippen LogP contribution is 2.50. The average Bonchev–Trinajstić information content (AvgIpc) is 0.709. The largest absolute Gasteiger partial charge is 0.493 e. The molecule has 0 aromatic heterocycles. The number of hydrogen-bond acceptors (Lipinski definition) is 24. The minimum absolute atomic E-state index is 0.0423. The zero-order valence-corrected chi connectivity index (χ0v) is 68.3. The van der Waals surface area contributed by atoms with E-state index in [-0.39, 0.29) is 74.3 Å². The molecule has 0 saturated carbocycles. The van der Waals surface area contributed by atoms with E-state index in [0.29, 0.717) is 69.0 Å². The number of hydrogen-bond donors (Lipinski definition) is 4. The van der Waals surface area contributed by atoms with Crippen molar-refractivity contribution in [3.05, 3.63) is 93.0 Å². The van der Waals surface area contributed by atoms with Gasteiger partial charge in [0.2, 0.25) is 0 Å². The van der Waals surface area contributed by atoms with Crippen molar-refractivity contribution >= 4 is 23.9 Å². The maximum absolute atomic E-state index is 13.6. The number of nitrogens with two attached hydrogens (primary N) is 4. The monoisotopic (exact) mass is 1740 g/mol. The third-order valence-corrected chi connectivity index (χ3v) is 21.5. The number of nitrogens with zero attached hydrogens (tertiary/aromatic N) is 4. The fraction of sp³-hybridized carbons (Fsp3) is 0.708. The van der Waals surface area contributed by atoms with E-state index in [1.165, 1.54) is 66.9 Å². The summed E-state index contributed by atoms with van der Waals surface area (Å²) >= 11 is 0. The minimum atomic E-state index is -4.01. The van der Waals surface area contributed by atoms with Crippen LogP contribution in [-0.2, 0) is 63.8 Å². The van der Waals surface area contributed by atoms with Crippen molar-refractivity contribution in [1.82, 2.24) is 19.6 Å². The molecule has 120 heavy (non-hydrogen) atoms. The maximum Gasteiger partial charge on any atom is 0.323 e. The first-order valence-corrected chi connectivity index (χ1v) is 38.0. The Morgan fingerprint density at radius 1 is 0.375 bits per heavy atom. The number of carbonyl (C=O) groups is 4. The van der Waals surface area contributed by atoms with E-state index in [1.807, 2.05) is 0 Å². The van der Waals surface area contributed by atoms with Crippen LogP contribution in [0.5, 0.6) is 46.0 Å². The molecule has 4 aromatic rings. The topological polar surface area (TPSA) is 296 Å². The first-order chi connectivity index (χ1) is 82.2. The predicted octanol–water partition coefficient (Wildman–Crippen LogP) is 14.3. The summed E-state index contributed by atoms with van der Waals surface area (Å²) in [6.45, 7) is -41.2. The lowest BCUT2D eigenvalue weighted by atomic mass is 9.79. The summed E-state index contributed by atoms with van der Waals surface area (Å²) in [4.78, 5) is 60.8. The van der Waals surface area contributed by atoms with Crippen molar-refractivity contribution in [1.29, 1.82) is 0 Å². The Bertz CT molecular complexity index is 6650. The molecule has 0 aliphatic carbocycles. The van der Waals surface area contributed by atoms with Crippen LogP contribution >= 0.6 is 0 Å². The van der Waals surface area contributed by atoms with Crippen LogP contribution in [0.3, 0.4) is 0 Å². The Kier molecular flexibility index (Phi) is 15.0. The van der Waals surface area contributed by atoms with Crippen LogP contribution in [0.1, 0.15) is 319 Å². The molecule has 12 rings (SSSR count). The quantitative estimate of drug-likeness (QED) is 0.0303. The molecule has 8 aliphatic rings. The van der Waals surface area contributed by atoms with Crippen molar-refractivity contribution in [3.8, 4) is 46.0 Å². The number of fused-ring (bicyclic) bond motifs is 12. The first-order valence-electron chi connectivity index (χ1n) is 70.5. The van der Waals surface area contributed by atoms with E-state index in [0.717, 1.165) is 33.3 Å². The summed E-state index contributed by atoms with van der Waals surface area (Å²) < 4.78 is 589. The highest BCUT2D eigenvalue weighted by Gasteiger charge is 2.47. The first kappa shape index (κ1) is 40.9. The summed E-state index contributed by atoms with van der Waals surface area (Å²) in [5.41, 5.74) is 27.1. The maximum atomic E-state index is 13.6. The van der Waals surface area contributed by atoms with Crippen molar-refractivity contribution in [3.63, 3.8) is 0 Å². The van der Waals surface area contributed by atoms with E-state index in [2.05, 4.69) is 0 Å². The van der Waals surface area contributed by atoms with Crippen molar-refractivity contribution in [2.24, 2.45) is 93.8 Å². The lowest BCUT2D eigenvalue weighted by molar-refractivity contribution is -0.161. The van der Waals surface area contributed by atoms with Crippen LogP contribution in [0, 0.1) is 70.8 Å². The number of carbonyl (C=O) groups excluding carboxylic acids is 4. The molecule has 8 aliphatic heterocycles. The van der Waals surface area contributed by atoms with Gasteiger partial charge in [0.25, 0.3) is 0 Å². The lowest BCUT2D eigenvalue weighted by Gasteiger charge is -2.47. The minimum Gasteiger partial charge on any atom is -0.493 e. The predicted molar refractivity (Wildman–Crippen MR) is 471 cm³/mol. The zero-order chi connectivity index (χ0) is 144. The van der Waals surface area contributed by atoms with Gasteiger partial charge in [0, 0.05) is 197 Å². The van der Waals surface area contributed by atoms with Crippen molar-refractivity contribution in [2.45, 2.75) is 259 Å². The molecule has 8 N–H and O–H groups in total. The highest BCUT2D eigenvalue weighted by atomic mass is 16.6. The van der Waals surface area contributed by atoms with E-state index in [9.17, 15) is 24.7 Å². The Morgan fingerprint density at radius 2 is 0.658 bits per heavy atom. The average molecular weight is 1740 g/mol. The van der Waals surface area contributed by atoms with Crippen LogP contribution in [0.25, 0.3) is 0 Å². The summed E-state index contributed by atoms with van der Waals surface area (Å²) in [5.74, 6) is -41.6. The summed E-state index contributed by atoms with van der Waals surface area (Å²) in [5, 5.41) is 0. The van der Waals surface area contributed by atoms with Crippen LogP contribution < -0.4 is 60.8 Å². The van der Waals surface area contributed by atoms with Crippen LogP contribution in [0.15, 0.2) is 48.5 Å². The third-order valence-electron chi connectivity index (χ3n) is 21.5. The van der Waals surface area contributed by atoms with Gasteiger partial charge in [0.1, 0.15) is 48.4 Å². The molecule has 0 spiro atoms. The Morgan fingerprint density at radius 3 is 0.967 bits per heavy atom. The standard InChI is InChI=1S/4C24H38N2O4/c4*1-14(2)9-17-13-26-8-7-16-10-21(28-5)22(29-6)11-18(16)19(26)12-20(17)30-24(27)23(25)15(3)4/h4*10-11,14-15,17,19-20,23H,7-9,12-13,25H2,1-6H3/t4*17?,19?,20?,23-/m0000/s1/i2*1D3,3D3,4D3,5D3,9D2,14D,15D,20D,23D;1D3,3D3,4D3,9D2,14D,15D,20D,23D;1D3,3D3,4D3,9D2,14D,15D,19D/t4*14?,17?,19?,20?,23-. The smallest absolute Gasteiger partial charge is 0.323 e. The Labute approximate surface area is 810 Å². The van der Waals surface area contributed by atoms with Gasteiger partial charge in [-0.15, -0.1) is 0 Å². The molecule has 4 saturated heterocycles. The number of piperidine rings is 4. The molecule has 8 heterocycles. The van der Waals surface area contributed by atoms with E-state index in [1.54, 1.807) is 43.9 Å². The van der Waals surface area contributed by atoms with Gasteiger partial charge in [-0.3, -0.25) is 38.8 Å². The van der Waals surface area contributed by atoms with Gasteiger partial charge in [0.15, 0.2) is 46.0 Å². The van der Waals surface area contributed by atoms with Crippen LogP contribution in [0.2, 0.25) is 0 Å². The van der Waals surface area contributed by atoms with Gasteiger partial charge >= 0.3 is 23.9 Å². The number of rotatable bonds is 28. The molecule has 4 fully saturated rings. The second-order valence-corrected chi connectivity index (χ2v) is 29.3. The van der Waals surface area contributed by atoms with E-state index >= 15 is 0 Å². The molecular weight excluding hydrogens is 1520 g/mol. The van der Waals surface area contributed by atoms with Gasteiger partial charge in [-0.05, 0) is 191 Å². The second-order valence-electron chi connectivity index (χ2n) is 29.3. The van der Waals surface area contributed by atoms with Crippen LogP contribution in [-0.4, -0.2) is 201 Å². The molecule has 0 bridgehead atoms. The number of esters is 4. The number of methoxy groups -OCH3 is 8. The molecule has 24 nitrogen and oxygen atoms in total. The fourth-order valence-electron chi connectivity index (χ4n) is 15.8. The second kappa shape index (κ2) is 43.9. The summed E-state index contributed by atoms with van der Waals surface area (Å²) in [6, 6.07) is -6.53. The van der Waals surface area contributed by atoms with Gasteiger partial charge in [-0.2, -0.15) is 0 Å². The molecule has 0 radical (unpaired) electrons. The third kappa shape index (κ3) is 23.8. The van der Waals surface area contributed by atoms with Crippen molar-refractivity contribution in [2.75, 3.05) is 109 Å². The number of ether oxygens (including phenoxy) is 12. The molecular formula is C96H152N8O16. The Balaban J connectivity index is 0.000000269. The fourth-order valence-corrected chi connectivity index (χ4v) is 15.8. The SMILES string of the molecule is [2H]C([2H])([2H])Oc1cc2c(cc1OC)C1CC([2H])(OC(=O)[C@@]([2H])(N)C([2H])(C([2H])([2H])[2H])C([2H])([2H])[2H])C(C([2H])([2H])C([2H])(C)C([2H])([2H])[2H])CN1CC2.[2H]C([2H])([2H])Oc1cc2c(cc1OC)C1CC([2H])(OC(=O)[C@@]([2H])(N)C([2H])(C([2H])([2H])[2H])C([2H])([2H])[2H])C(C([2H])([2H])C([2H])(C)C([2H])([2H])[2H])CN1CC2.[2H]C1(OC(=O)[C@@]([2H])(N)C([2H])(C([2H])([2H])[2H])C([2H])([2H])[2H])CC2c3cc(OC)c(OC)cc3CCN2CC1C([2H])([2H])C([2H])(C)C([2H])([2H])[2H].[2H]C12CC(OC(=O)[C@@H](N)C([2H])(C([2H])([2H])[2H])C([2H])([2H])[2H])C(C([2H])([2H])C([2H])(C)C([2H])([2H])[2H])CN1CCc1cc(OC)c(OC)cc12. The zero-order valence-electron chi connectivity index (χ0n) is 133. The summed E-state index contributed by atoms with van der Waals surface area (Å²) in [6.07, 6.45) is -24.0. The Hall–Kier alpha value is -7.16. The molecule has 4 aromatic carbocycles. The van der Waals surface area contributed by atoms with Crippen molar-refractivity contribution < 1.29 is 165 Å². The molecule has 672 valence electrons. The normalized spacial score (nSPS) is 40.4. The van der Waals surface area contributed by atoms with E-state index < -0.39 is 334 Å². The van der Waals surface area contributed by atoms with Gasteiger partial charge in [0.05, 0.1) is 74.6 Å². The lowest BCUT2D eigenvalue weighted by Crippen LogP contribution is -2.51. The molecule has 0 amide bonds. The highest BCUT2D eigenvalue weighted by molar-refractivity contribution is 5.77. The number of benzene rings is 4. The van der Waals surface area contributed by atoms with Gasteiger partial charge in [-0.25, -0.2) is 0 Å². The molecule has 20 atom stereocenters. The van der Waals surface area contributed by atoms with Gasteiger partial charge in [-0.1, -0.05) is 110 Å².